The molecular weight excluding hydrogens is 419 g/mol. The number of aromatic nitrogens is 1. The molecule has 2 aromatic carbocycles. The number of rotatable bonds is 5. The van der Waals surface area contributed by atoms with Gasteiger partial charge in [-0.05, 0) is 68.8 Å². The van der Waals surface area contributed by atoms with Crippen molar-refractivity contribution in [2.24, 2.45) is 0 Å². The number of phenolic OH excluding ortho intramolecular Hbond substituents is 1. The number of aromatic hydroxyl groups is 1. The van der Waals surface area contributed by atoms with Crippen LogP contribution >= 0.6 is 0 Å². The molecule has 0 bridgehead atoms. The van der Waals surface area contributed by atoms with Crippen LogP contribution in [0.4, 0.5) is 9.18 Å². The zero-order valence-electron chi connectivity index (χ0n) is 17.8. The van der Waals surface area contributed by atoms with Gasteiger partial charge in [0.1, 0.15) is 17.2 Å². The number of amides is 1. The van der Waals surface area contributed by atoms with Gasteiger partial charge in [0.05, 0.1) is 17.1 Å². The second kappa shape index (κ2) is 8.93. The van der Waals surface area contributed by atoms with E-state index >= 15 is 0 Å². The van der Waals surface area contributed by atoms with E-state index in [4.69, 9.17) is 4.74 Å². The number of hydrogen-bond acceptors (Lipinski definition) is 4. The van der Waals surface area contributed by atoms with E-state index in [0.717, 1.165) is 0 Å². The van der Waals surface area contributed by atoms with Crippen LogP contribution in [0.5, 0.6) is 5.75 Å². The molecule has 8 heteroatoms. The van der Waals surface area contributed by atoms with Gasteiger partial charge in [-0.3, -0.25) is 3.97 Å². The highest BCUT2D eigenvalue weighted by atomic mass is 32.2. The highest BCUT2D eigenvalue weighted by molar-refractivity contribution is 7.83. The Morgan fingerprint density at radius 1 is 1.16 bits per heavy atom. The zero-order chi connectivity index (χ0) is 22.8. The molecule has 164 valence electrons. The van der Waals surface area contributed by atoms with Crippen molar-refractivity contribution in [2.75, 3.05) is 7.05 Å². The van der Waals surface area contributed by atoms with Gasteiger partial charge >= 0.3 is 6.09 Å². The first-order valence-electron chi connectivity index (χ1n) is 9.67. The largest absolute Gasteiger partial charge is 0.508 e. The Kier molecular flexibility index (Phi) is 6.50. The van der Waals surface area contributed by atoms with E-state index < -0.39 is 28.5 Å². The molecule has 0 aliphatic carbocycles. The molecule has 3 aromatic rings. The summed E-state index contributed by atoms with van der Waals surface area (Å²) in [6.07, 6.45) is 1.14. The lowest BCUT2D eigenvalue weighted by Gasteiger charge is -2.24. The molecule has 0 fully saturated rings. The molecule has 0 spiro atoms. The van der Waals surface area contributed by atoms with E-state index in [1.165, 1.54) is 27.1 Å². The Bertz CT molecular complexity index is 1100. The molecule has 1 amide bonds. The Labute approximate surface area is 183 Å². The minimum absolute atomic E-state index is 0.0576. The summed E-state index contributed by atoms with van der Waals surface area (Å²) in [7, 11) is -0.0894. The molecule has 1 unspecified atom stereocenters. The van der Waals surface area contributed by atoms with Crippen molar-refractivity contribution in [1.82, 2.24) is 8.87 Å². The first-order chi connectivity index (χ1) is 14.5. The second-order valence-electron chi connectivity index (χ2n) is 8.12. The van der Waals surface area contributed by atoms with Gasteiger partial charge in [0.2, 0.25) is 0 Å². The fourth-order valence-electron chi connectivity index (χ4n) is 2.94. The Morgan fingerprint density at radius 3 is 2.42 bits per heavy atom. The molecule has 1 aromatic heterocycles. The lowest BCUT2D eigenvalue weighted by atomic mass is 10.1. The van der Waals surface area contributed by atoms with Crippen LogP contribution in [0.3, 0.4) is 0 Å². The summed E-state index contributed by atoms with van der Waals surface area (Å²) in [5.74, 6) is -0.390. The molecule has 0 aliphatic heterocycles. The quantitative estimate of drug-likeness (QED) is 0.605. The van der Waals surface area contributed by atoms with Crippen LogP contribution in [0.25, 0.3) is 11.3 Å². The van der Waals surface area contributed by atoms with Crippen molar-refractivity contribution in [3.63, 3.8) is 0 Å². The SMILES string of the molecule is CN(Cc1cc(-c2ccccc2F)n(S(=O)c2ccc(O)cc2)c1)C(=O)OC(C)(C)C. The maximum absolute atomic E-state index is 14.5. The Hall–Kier alpha value is -3.13. The van der Waals surface area contributed by atoms with Crippen molar-refractivity contribution in [3.8, 4) is 17.0 Å². The number of carbonyl (C=O) groups is 1. The van der Waals surface area contributed by atoms with E-state index in [1.807, 2.05) is 0 Å². The summed E-state index contributed by atoms with van der Waals surface area (Å²) in [4.78, 5) is 14.2. The number of halogens is 1. The van der Waals surface area contributed by atoms with E-state index in [-0.39, 0.29) is 12.3 Å². The van der Waals surface area contributed by atoms with E-state index in [1.54, 1.807) is 70.4 Å². The van der Waals surface area contributed by atoms with Crippen molar-refractivity contribution in [2.45, 2.75) is 37.8 Å². The highest BCUT2D eigenvalue weighted by Crippen LogP contribution is 2.28. The van der Waals surface area contributed by atoms with E-state index in [0.29, 0.717) is 21.7 Å². The van der Waals surface area contributed by atoms with Gasteiger partial charge < -0.3 is 14.7 Å². The average Bonchev–Trinajstić information content (AvgIpc) is 3.10. The van der Waals surface area contributed by atoms with Gasteiger partial charge in [-0.2, -0.15) is 0 Å². The van der Waals surface area contributed by atoms with Crippen LogP contribution in [-0.2, 0) is 22.3 Å². The van der Waals surface area contributed by atoms with Crippen LogP contribution in [-0.4, -0.2) is 36.9 Å². The van der Waals surface area contributed by atoms with E-state index in [2.05, 4.69) is 0 Å². The van der Waals surface area contributed by atoms with E-state index in [9.17, 15) is 18.5 Å². The number of ether oxygens (including phenoxy) is 1. The summed E-state index contributed by atoms with van der Waals surface area (Å²) in [6.45, 7) is 5.54. The van der Waals surface area contributed by atoms with Crippen molar-refractivity contribution in [3.05, 3.63) is 72.2 Å². The number of benzene rings is 2. The topological polar surface area (TPSA) is 71.8 Å². The molecule has 31 heavy (non-hydrogen) atoms. The van der Waals surface area contributed by atoms with Crippen molar-refractivity contribution in [1.29, 1.82) is 0 Å². The van der Waals surface area contributed by atoms with Crippen LogP contribution in [0, 0.1) is 5.82 Å². The minimum atomic E-state index is -1.69. The predicted octanol–water partition coefficient (Wildman–Crippen LogP) is 4.94. The third-order valence-corrected chi connectivity index (χ3v) is 5.67. The minimum Gasteiger partial charge on any atom is -0.508 e. The van der Waals surface area contributed by atoms with Gasteiger partial charge in [-0.15, -0.1) is 0 Å². The molecule has 0 radical (unpaired) electrons. The van der Waals surface area contributed by atoms with Crippen LogP contribution in [0.1, 0.15) is 26.3 Å². The molecule has 6 nitrogen and oxygen atoms in total. The zero-order valence-corrected chi connectivity index (χ0v) is 18.6. The number of carbonyl (C=O) groups excluding carboxylic acids is 1. The molecule has 1 atom stereocenters. The van der Waals surface area contributed by atoms with Crippen molar-refractivity contribution < 1.29 is 23.2 Å². The number of phenols is 1. The third kappa shape index (κ3) is 5.52. The number of nitrogens with zero attached hydrogens (tertiary/aromatic N) is 2. The molecule has 1 N–H and O–H groups in total. The summed E-state index contributed by atoms with van der Waals surface area (Å²) in [5, 5.41) is 9.51. The average molecular weight is 445 g/mol. The maximum atomic E-state index is 14.5. The molecule has 1 heterocycles. The first kappa shape index (κ1) is 22.6. The molecule has 3 rings (SSSR count). The molecule has 0 saturated carbocycles. The summed E-state index contributed by atoms with van der Waals surface area (Å²) in [6, 6.07) is 13.9. The van der Waals surface area contributed by atoms with Gasteiger partial charge in [0, 0.05) is 18.8 Å². The van der Waals surface area contributed by atoms with Gasteiger partial charge in [-0.25, -0.2) is 13.4 Å². The maximum Gasteiger partial charge on any atom is 0.410 e. The highest BCUT2D eigenvalue weighted by Gasteiger charge is 2.22. The number of hydrogen-bond donors (Lipinski definition) is 1. The van der Waals surface area contributed by atoms with Gasteiger partial charge in [0.15, 0.2) is 11.0 Å². The lowest BCUT2D eigenvalue weighted by molar-refractivity contribution is 0.0285. The third-order valence-electron chi connectivity index (χ3n) is 4.33. The van der Waals surface area contributed by atoms with Crippen molar-refractivity contribution >= 4 is 17.1 Å². The smallest absolute Gasteiger partial charge is 0.410 e. The van der Waals surface area contributed by atoms with Crippen LogP contribution in [0.2, 0.25) is 0 Å². The van der Waals surface area contributed by atoms with Gasteiger partial charge in [-0.1, -0.05) is 12.1 Å². The monoisotopic (exact) mass is 444 g/mol. The molecule has 0 saturated heterocycles. The summed E-state index contributed by atoms with van der Waals surface area (Å²) >= 11 is 0. The predicted molar refractivity (Wildman–Crippen MR) is 117 cm³/mol. The Balaban J connectivity index is 1.98. The van der Waals surface area contributed by atoms with Gasteiger partial charge in [0.25, 0.3) is 0 Å². The van der Waals surface area contributed by atoms with Crippen LogP contribution in [0.15, 0.2) is 65.7 Å². The summed E-state index contributed by atoms with van der Waals surface area (Å²) < 4.78 is 34.6. The second-order valence-corrected chi connectivity index (χ2v) is 9.48. The normalized spacial score (nSPS) is 12.4. The standard InChI is InChI=1S/C23H25FN2O4S/c1-23(2,3)30-22(28)25(4)14-16-13-21(19-7-5-6-8-20(19)24)26(15-16)31(29)18-11-9-17(27)10-12-18/h5-13,15,27H,14H2,1-4H3. The molecule has 0 aliphatic rings. The summed E-state index contributed by atoms with van der Waals surface area (Å²) in [5.41, 5.74) is 0.743. The molecular formula is C23H25FN2O4S. The Morgan fingerprint density at radius 2 is 1.81 bits per heavy atom. The fourth-order valence-corrected chi connectivity index (χ4v) is 4.10. The first-order valence-corrected chi connectivity index (χ1v) is 10.8. The van der Waals surface area contributed by atoms with Crippen LogP contribution < -0.4 is 0 Å². The lowest BCUT2D eigenvalue weighted by Crippen LogP contribution is -2.33. The fraction of sp³-hybridized carbons (Fsp3) is 0.261.